The fraction of sp³-hybridized carbons (Fsp3) is 0.367. The Morgan fingerprint density at radius 3 is 2.56 bits per heavy atom. The highest BCUT2D eigenvalue weighted by molar-refractivity contribution is 6.30. The molecule has 188 valence electrons. The highest BCUT2D eigenvalue weighted by Crippen LogP contribution is 2.55. The second-order valence-electron chi connectivity index (χ2n) is 10.2. The lowest BCUT2D eigenvalue weighted by molar-refractivity contribution is -0.144. The predicted octanol–water partition coefficient (Wildman–Crippen LogP) is 7.26. The van der Waals surface area contributed by atoms with Crippen LogP contribution in [-0.2, 0) is 16.6 Å². The number of hydrogen-bond acceptors (Lipinski definition) is 3. The van der Waals surface area contributed by atoms with Gasteiger partial charge in [0.1, 0.15) is 17.1 Å². The lowest BCUT2D eigenvalue weighted by Crippen LogP contribution is -2.53. The first-order valence-electron chi connectivity index (χ1n) is 12.6. The number of carbonyl (C=O) groups is 1. The minimum atomic E-state index is -1.02. The van der Waals surface area contributed by atoms with Crippen LogP contribution >= 0.6 is 11.6 Å². The molecule has 0 heterocycles. The molecule has 0 radical (unpaired) electrons. The maximum Gasteiger partial charge on any atom is 0.329 e. The van der Waals surface area contributed by atoms with Crippen molar-refractivity contribution < 1.29 is 19.0 Å². The topological polar surface area (TPSA) is 58.6 Å². The number of halogens is 2. The zero-order chi connectivity index (χ0) is 25.2. The van der Waals surface area contributed by atoms with E-state index in [1.165, 1.54) is 23.3 Å². The second kappa shape index (κ2) is 10.1. The number of ether oxygens (including phenoxy) is 1. The molecule has 36 heavy (non-hydrogen) atoms. The zero-order valence-electron chi connectivity index (χ0n) is 20.2. The Morgan fingerprint density at radius 2 is 1.81 bits per heavy atom. The van der Waals surface area contributed by atoms with Gasteiger partial charge in [0.2, 0.25) is 0 Å². The van der Waals surface area contributed by atoms with Gasteiger partial charge in [0, 0.05) is 16.8 Å². The van der Waals surface area contributed by atoms with Gasteiger partial charge in [0.05, 0.1) is 6.61 Å². The Labute approximate surface area is 216 Å². The van der Waals surface area contributed by atoms with E-state index in [-0.39, 0.29) is 11.2 Å². The Bertz CT molecular complexity index is 1240. The molecule has 6 heteroatoms. The number of aliphatic carboxylic acids is 1. The van der Waals surface area contributed by atoms with E-state index in [0.717, 1.165) is 37.8 Å². The van der Waals surface area contributed by atoms with Crippen LogP contribution in [0.15, 0.2) is 72.8 Å². The molecule has 3 aromatic rings. The summed E-state index contributed by atoms with van der Waals surface area (Å²) in [6.07, 6.45) is 5.53. The number of carboxylic acids is 1. The smallest absolute Gasteiger partial charge is 0.329 e. The second-order valence-corrected chi connectivity index (χ2v) is 10.6. The Balaban J connectivity index is 1.31. The first-order valence-corrected chi connectivity index (χ1v) is 13.0. The SMILES string of the molecule is O=C(O)C1(Nc2cccc(Cl)c2)CCC2(CC1)c1ccccc1CC2CCCOc1cccc(F)c1. The number of benzene rings is 3. The normalized spacial score (nSPS) is 24.9. The first kappa shape index (κ1) is 24.6. The van der Waals surface area contributed by atoms with Gasteiger partial charge in [0.15, 0.2) is 0 Å². The summed E-state index contributed by atoms with van der Waals surface area (Å²) < 4.78 is 19.3. The van der Waals surface area contributed by atoms with Crippen LogP contribution in [-0.4, -0.2) is 23.2 Å². The van der Waals surface area contributed by atoms with Crippen molar-refractivity contribution in [3.8, 4) is 5.75 Å². The van der Waals surface area contributed by atoms with Crippen molar-refractivity contribution in [2.75, 3.05) is 11.9 Å². The van der Waals surface area contributed by atoms with Crippen molar-refractivity contribution in [3.05, 3.63) is 94.8 Å². The maximum atomic E-state index is 13.5. The molecule has 1 spiro atoms. The van der Waals surface area contributed by atoms with Gasteiger partial charge >= 0.3 is 5.97 Å². The van der Waals surface area contributed by atoms with Crippen LogP contribution in [0, 0.1) is 11.7 Å². The molecule has 1 fully saturated rings. The Kier molecular flexibility index (Phi) is 6.94. The van der Waals surface area contributed by atoms with Crippen LogP contribution in [0.5, 0.6) is 5.75 Å². The molecular weight excluding hydrogens is 477 g/mol. The standard InChI is InChI=1S/C30H31ClFNO3/c31-23-8-3-10-25(19-23)33-30(28(34)35)15-13-29(14-16-30)22(18-21-6-1-2-12-27(21)29)7-5-17-36-26-11-4-9-24(32)20-26/h1-4,6,8-12,19-20,22,33H,5,7,13-18H2,(H,34,35). The summed E-state index contributed by atoms with van der Waals surface area (Å²) in [4.78, 5) is 12.5. The number of fused-ring (bicyclic) bond motifs is 2. The molecule has 0 saturated heterocycles. The fourth-order valence-electron chi connectivity index (χ4n) is 6.35. The monoisotopic (exact) mass is 507 g/mol. The van der Waals surface area contributed by atoms with Crippen molar-refractivity contribution in [1.82, 2.24) is 0 Å². The molecule has 4 nitrogen and oxygen atoms in total. The molecule has 2 aliphatic rings. The van der Waals surface area contributed by atoms with Crippen LogP contribution in [0.4, 0.5) is 10.1 Å². The molecular formula is C30H31ClFNO3. The van der Waals surface area contributed by atoms with Crippen molar-refractivity contribution in [3.63, 3.8) is 0 Å². The lowest BCUT2D eigenvalue weighted by atomic mass is 9.60. The maximum absolute atomic E-state index is 13.5. The van der Waals surface area contributed by atoms with E-state index in [9.17, 15) is 14.3 Å². The van der Waals surface area contributed by atoms with Crippen molar-refractivity contribution in [2.45, 2.75) is 55.9 Å². The molecule has 0 aromatic heterocycles. The first-order chi connectivity index (χ1) is 17.4. The summed E-state index contributed by atoms with van der Waals surface area (Å²) in [7, 11) is 0. The number of rotatable bonds is 8. The summed E-state index contributed by atoms with van der Waals surface area (Å²) in [5.74, 6) is -0.142. The van der Waals surface area contributed by atoms with Gasteiger partial charge in [-0.25, -0.2) is 9.18 Å². The predicted molar refractivity (Wildman–Crippen MR) is 140 cm³/mol. The third kappa shape index (κ3) is 4.81. The highest BCUT2D eigenvalue weighted by atomic mass is 35.5. The largest absolute Gasteiger partial charge is 0.493 e. The molecule has 1 atom stereocenters. The average Bonchev–Trinajstić information content (AvgIpc) is 3.16. The quantitative estimate of drug-likeness (QED) is 0.315. The number of nitrogens with one attached hydrogen (secondary N) is 1. The Hall–Kier alpha value is -3.05. The number of hydrogen-bond donors (Lipinski definition) is 2. The van der Waals surface area contributed by atoms with E-state index >= 15 is 0 Å². The summed E-state index contributed by atoms with van der Waals surface area (Å²) in [6, 6.07) is 22.1. The summed E-state index contributed by atoms with van der Waals surface area (Å²) in [5, 5.41) is 14.2. The summed E-state index contributed by atoms with van der Waals surface area (Å²) in [5.41, 5.74) is 2.43. The molecule has 1 saturated carbocycles. The van der Waals surface area contributed by atoms with Crippen LogP contribution in [0.2, 0.25) is 5.02 Å². The van der Waals surface area contributed by atoms with Gasteiger partial charge in [-0.15, -0.1) is 0 Å². The third-order valence-electron chi connectivity index (χ3n) is 8.18. The van der Waals surface area contributed by atoms with Gasteiger partial charge in [-0.2, -0.15) is 0 Å². The summed E-state index contributed by atoms with van der Waals surface area (Å²) >= 11 is 6.15. The average molecular weight is 508 g/mol. The van der Waals surface area contributed by atoms with Gasteiger partial charge in [-0.1, -0.05) is 48.0 Å². The van der Waals surface area contributed by atoms with E-state index in [1.807, 2.05) is 12.1 Å². The molecule has 2 N–H and O–H groups in total. The third-order valence-corrected chi connectivity index (χ3v) is 8.41. The molecule has 2 aliphatic carbocycles. The zero-order valence-corrected chi connectivity index (χ0v) is 20.9. The van der Waals surface area contributed by atoms with Gasteiger partial charge < -0.3 is 15.2 Å². The van der Waals surface area contributed by atoms with Crippen LogP contribution < -0.4 is 10.1 Å². The van der Waals surface area contributed by atoms with E-state index < -0.39 is 11.5 Å². The van der Waals surface area contributed by atoms with E-state index in [4.69, 9.17) is 16.3 Å². The molecule has 0 bridgehead atoms. The number of anilines is 1. The van der Waals surface area contributed by atoms with Crippen molar-refractivity contribution in [2.24, 2.45) is 5.92 Å². The van der Waals surface area contributed by atoms with E-state index in [2.05, 4.69) is 29.6 Å². The molecule has 3 aromatic carbocycles. The van der Waals surface area contributed by atoms with Crippen molar-refractivity contribution in [1.29, 1.82) is 0 Å². The molecule has 0 aliphatic heterocycles. The van der Waals surface area contributed by atoms with Crippen molar-refractivity contribution >= 4 is 23.3 Å². The molecule has 1 unspecified atom stereocenters. The van der Waals surface area contributed by atoms with Gasteiger partial charge in [-0.05, 0) is 97.7 Å². The highest BCUT2D eigenvalue weighted by Gasteiger charge is 2.53. The summed E-state index contributed by atoms with van der Waals surface area (Å²) in [6.45, 7) is 0.530. The minimum absolute atomic E-state index is 0.0373. The van der Waals surface area contributed by atoms with Gasteiger partial charge in [0.25, 0.3) is 0 Å². The van der Waals surface area contributed by atoms with Crippen LogP contribution in [0.1, 0.15) is 49.7 Å². The molecule has 0 amide bonds. The fourth-order valence-corrected chi connectivity index (χ4v) is 6.55. The number of carboxylic acid groups (broad SMARTS) is 1. The lowest BCUT2D eigenvalue weighted by Gasteiger charge is -2.47. The van der Waals surface area contributed by atoms with Crippen LogP contribution in [0.25, 0.3) is 0 Å². The minimum Gasteiger partial charge on any atom is -0.493 e. The molecule has 5 rings (SSSR count). The van der Waals surface area contributed by atoms with Gasteiger partial charge in [-0.3, -0.25) is 0 Å². The van der Waals surface area contributed by atoms with E-state index in [0.29, 0.717) is 36.1 Å². The Morgan fingerprint density at radius 1 is 1.03 bits per heavy atom. The van der Waals surface area contributed by atoms with Crippen LogP contribution in [0.3, 0.4) is 0 Å². The van der Waals surface area contributed by atoms with E-state index in [1.54, 1.807) is 24.3 Å².